The van der Waals surface area contributed by atoms with Crippen molar-refractivity contribution in [3.63, 3.8) is 0 Å². The fourth-order valence-electron chi connectivity index (χ4n) is 3.46. The number of carbonyl (C=O) groups excluding carboxylic acids is 1. The number of furan rings is 1. The van der Waals surface area contributed by atoms with Gasteiger partial charge in [-0.3, -0.25) is 4.79 Å². The Morgan fingerprint density at radius 2 is 1.83 bits per heavy atom. The minimum Gasteiger partial charge on any atom is -0.464 e. The van der Waals surface area contributed by atoms with Crippen LogP contribution in [0.5, 0.6) is 0 Å². The molecule has 1 N–H and O–H groups in total. The van der Waals surface area contributed by atoms with Crippen LogP contribution < -0.4 is 10.9 Å². The van der Waals surface area contributed by atoms with Crippen LogP contribution in [0.4, 0.5) is 0 Å². The number of carbonyl (C=O) groups is 1. The van der Waals surface area contributed by atoms with Crippen molar-refractivity contribution in [1.29, 1.82) is 0 Å². The minimum absolute atomic E-state index is 0.0207. The molecule has 148 valence electrons. The van der Waals surface area contributed by atoms with Gasteiger partial charge in [-0.05, 0) is 55.2 Å². The van der Waals surface area contributed by atoms with Crippen LogP contribution in [-0.4, -0.2) is 12.5 Å². The highest BCUT2D eigenvalue weighted by molar-refractivity contribution is 6.30. The van der Waals surface area contributed by atoms with E-state index >= 15 is 0 Å². The molecule has 4 aromatic rings. The molecule has 0 radical (unpaired) electrons. The first-order chi connectivity index (χ1) is 13.9. The zero-order valence-corrected chi connectivity index (χ0v) is 16.9. The van der Waals surface area contributed by atoms with Crippen molar-refractivity contribution in [2.45, 2.75) is 26.7 Å². The third kappa shape index (κ3) is 3.91. The van der Waals surface area contributed by atoms with E-state index in [2.05, 4.69) is 5.32 Å². The third-order valence-corrected chi connectivity index (χ3v) is 5.41. The van der Waals surface area contributed by atoms with Crippen molar-refractivity contribution < 1.29 is 13.6 Å². The van der Waals surface area contributed by atoms with Crippen LogP contribution in [0.3, 0.4) is 0 Å². The molecule has 5 nitrogen and oxygen atoms in total. The van der Waals surface area contributed by atoms with Crippen molar-refractivity contribution in [3.05, 3.63) is 80.4 Å². The number of amides is 1. The average Bonchev–Trinajstić information content (AvgIpc) is 3.05. The number of hydrogen-bond acceptors (Lipinski definition) is 4. The van der Waals surface area contributed by atoms with E-state index in [-0.39, 0.29) is 12.3 Å². The summed E-state index contributed by atoms with van der Waals surface area (Å²) in [5.41, 5.74) is 3.86. The van der Waals surface area contributed by atoms with Crippen LogP contribution >= 0.6 is 11.6 Å². The van der Waals surface area contributed by atoms with Gasteiger partial charge in [-0.2, -0.15) is 0 Å². The highest BCUT2D eigenvalue weighted by atomic mass is 35.5. The van der Waals surface area contributed by atoms with E-state index in [4.69, 9.17) is 20.4 Å². The minimum atomic E-state index is -0.495. The molecule has 0 bridgehead atoms. The van der Waals surface area contributed by atoms with Gasteiger partial charge in [-0.15, -0.1) is 0 Å². The van der Waals surface area contributed by atoms with Gasteiger partial charge in [-0.1, -0.05) is 23.7 Å². The SMILES string of the molecule is Cc1coc2cc3oc(=O)c(CC(=O)NCCc4ccc(Cl)cc4)c(C)c3cc12. The van der Waals surface area contributed by atoms with Crippen molar-refractivity contribution in [3.8, 4) is 0 Å². The number of benzene rings is 2. The maximum absolute atomic E-state index is 12.5. The van der Waals surface area contributed by atoms with Crippen molar-refractivity contribution >= 4 is 39.4 Å². The Kier molecular flexibility index (Phi) is 5.16. The molecule has 0 aliphatic rings. The van der Waals surface area contributed by atoms with Crippen molar-refractivity contribution in [1.82, 2.24) is 5.32 Å². The highest BCUT2D eigenvalue weighted by Gasteiger charge is 2.16. The van der Waals surface area contributed by atoms with Gasteiger partial charge in [0.2, 0.25) is 5.91 Å². The lowest BCUT2D eigenvalue weighted by atomic mass is 10.0. The van der Waals surface area contributed by atoms with E-state index in [1.165, 1.54) is 0 Å². The number of fused-ring (bicyclic) bond motifs is 2. The lowest BCUT2D eigenvalue weighted by Gasteiger charge is -2.09. The van der Waals surface area contributed by atoms with Crippen LogP contribution in [0.2, 0.25) is 5.02 Å². The van der Waals surface area contributed by atoms with Crippen LogP contribution in [-0.2, 0) is 17.6 Å². The Labute approximate surface area is 172 Å². The highest BCUT2D eigenvalue weighted by Crippen LogP contribution is 2.28. The molecule has 4 rings (SSSR count). The molecule has 2 aromatic carbocycles. The monoisotopic (exact) mass is 409 g/mol. The number of hydrogen-bond donors (Lipinski definition) is 1. The summed E-state index contributed by atoms with van der Waals surface area (Å²) in [5, 5.41) is 5.32. The first kappa shape index (κ1) is 19.3. The quantitative estimate of drug-likeness (QED) is 0.484. The molecule has 1 amide bonds. The average molecular weight is 410 g/mol. The molecule has 0 spiro atoms. The van der Waals surface area contributed by atoms with E-state index in [1.807, 2.05) is 44.2 Å². The fraction of sp³-hybridized carbons (Fsp3) is 0.217. The molecular formula is C23H20ClNO4. The first-order valence-electron chi connectivity index (χ1n) is 9.37. The number of halogens is 1. The predicted octanol–water partition coefficient (Wildman–Crippen LogP) is 4.71. The summed E-state index contributed by atoms with van der Waals surface area (Å²) >= 11 is 5.88. The molecule has 2 heterocycles. The van der Waals surface area contributed by atoms with Crippen LogP contribution in [0.25, 0.3) is 21.9 Å². The van der Waals surface area contributed by atoms with Gasteiger partial charge >= 0.3 is 5.63 Å². The van der Waals surface area contributed by atoms with Gasteiger partial charge in [0.25, 0.3) is 0 Å². The zero-order valence-electron chi connectivity index (χ0n) is 16.2. The lowest BCUT2D eigenvalue weighted by molar-refractivity contribution is -0.120. The van der Waals surface area contributed by atoms with E-state index in [9.17, 15) is 9.59 Å². The molecular weight excluding hydrogens is 390 g/mol. The second-order valence-electron chi connectivity index (χ2n) is 7.16. The predicted molar refractivity (Wildman–Crippen MR) is 114 cm³/mol. The summed E-state index contributed by atoms with van der Waals surface area (Å²) in [6, 6.07) is 11.2. The maximum atomic E-state index is 12.5. The largest absolute Gasteiger partial charge is 0.464 e. The zero-order chi connectivity index (χ0) is 20.5. The molecule has 29 heavy (non-hydrogen) atoms. The Balaban J connectivity index is 1.52. The van der Waals surface area contributed by atoms with Crippen molar-refractivity contribution in [2.24, 2.45) is 0 Å². The van der Waals surface area contributed by atoms with E-state index in [1.54, 1.807) is 12.3 Å². The summed E-state index contributed by atoms with van der Waals surface area (Å²) in [7, 11) is 0. The smallest absolute Gasteiger partial charge is 0.340 e. The molecule has 6 heteroatoms. The fourth-order valence-corrected chi connectivity index (χ4v) is 3.59. The molecule has 0 atom stereocenters. The Hall–Kier alpha value is -3.05. The third-order valence-electron chi connectivity index (χ3n) is 5.16. The molecule has 0 fully saturated rings. The molecule has 0 saturated heterocycles. The Bertz CT molecular complexity index is 1270. The molecule has 0 saturated carbocycles. The van der Waals surface area contributed by atoms with Gasteiger partial charge in [0.1, 0.15) is 11.2 Å². The van der Waals surface area contributed by atoms with E-state index in [0.717, 1.165) is 27.5 Å². The number of aryl methyl sites for hydroxylation is 2. The number of nitrogens with one attached hydrogen (secondary N) is 1. The van der Waals surface area contributed by atoms with Gasteiger partial charge in [0.05, 0.1) is 18.2 Å². The summed E-state index contributed by atoms with van der Waals surface area (Å²) in [6.07, 6.45) is 2.34. The van der Waals surface area contributed by atoms with Crippen LogP contribution in [0, 0.1) is 13.8 Å². The Morgan fingerprint density at radius 3 is 2.59 bits per heavy atom. The molecule has 0 aliphatic carbocycles. The first-order valence-corrected chi connectivity index (χ1v) is 9.75. The van der Waals surface area contributed by atoms with E-state index in [0.29, 0.717) is 34.7 Å². The number of rotatable bonds is 5. The summed E-state index contributed by atoms with van der Waals surface area (Å²) in [6.45, 7) is 4.28. The second kappa shape index (κ2) is 7.76. The van der Waals surface area contributed by atoms with Crippen molar-refractivity contribution in [2.75, 3.05) is 6.54 Å². The van der Waals surface area contributed by atoms with E-state index < -0.39 is 5.63 Å². The normalized spacial score (nSPS) is 11.3. The van der Waals surface area contributed by atoms with Crippen LogP contribution in [0.1, 0.15) is 22.3 Å². The molecule has 0 aliphatic heterocycles. The van der Waals surface area contributed by atoms with Gasteiger partial charge in [0.15, 0.2) is 0 Å². The summed E-state index contributed by atoms with van der Waals surface area (Å²) in [5.74, 6) is -0.214. The standard InChI is InChI=1S/C23H20ClNO4/c1-13-12-28-20-11-21-18(9-17(13)20)14(2)19(23(27)29-21)10-22(26)25-8-7-15-3-5-16(24)6-4-15/h3-6,9,11-12H,7-8,10H2,1-2H3,(H,25,26). The topological polar surface area (TPSA) is 72.5 Å². The van der Waals surface area contributed by atoms with Crippen LogP contribution in [0.15, 0.2) is 56.3 Å². The van der Waals surface area contributed by atoms with Gasteiger partial charge in [0, 0.05) is 28.4 Å². The van der Waals surface area contributed by atoms with Gasteiger partial charge in [-0.25, -0.2) is 4.79 Å². The second-order valence-corrected chi connectivity index (χ2v) is 7.60. The maximum Gasteiger partial charge on any atom is 0.340 e. The molecule has 2 aromatic heterocycles. The lowest BCUT2D eigenvalue weighted by Crippen LogP contribution is -2.29. The summed E-state index contributed by atoms with van der Waals surface area (Å²) < 4.78 is 11.0. The molecule has 0 unspecified atom stereocenters. The van der Waals surface area contributed by atoms with Gasteiger partial charge < -0.3 is 14.2 Å². The Morgan fingerprint density at radius 1 is 1.07 bits per heavy atom. The summed E-state index contributed by atoms with van der Waals surface area (Å²) in [4.78, 5) is 24.9.